The van der Waals surface area contributed by atoms with Crippen LogP contribution in [0.1, 0.15) is 31.3 Å². The molecule has 0 spiro atoms. The molecule has 0 radical (unpaired) electrons. The van der Waals surface area contributed by atoms with Crippen LogP contribution in [0.2, 0.25) is 0 Å². The molecule has 2 aromatic heterocycles. The smallest absolute Gasteiger partial charge is 0.362 e. The molecule has 11 nitrogen and oxygen atoms in total. The lowest BCUT2D eigenvalue weighted by Gasteiger charge is -2.19. The first-order valence-corrected chi connectivity index (χ1v) is 11.0. The van der Waals surface area contributed by atoms with Crippen LogP contribution >= 0.6 is 11.5 Å². The average Bonchev–Trinajstić information content (AvgIpc) is 3.12. The second-order valence-electron chi connectivity index (χ2n) is 5.64. The fourth-order valence-corrected chi connectivity index (χ4v) is 4.48. The van der Waals surface area contributed by atoms with Gasteiger partial charge >= 0.3 is 5.97 Å². The molecule has 1 amide bonds. The Labute approximate surface area is 171 Å². The molecule has 158 valence electrons. The molecule has 0 saturated carbocycles. The molecule has 2 aromatic rings. The quantitative estimate of drug-likeness (QED) is 0.554. The number of hydrogen-bond acceptors (Lipinski definition) is 9. The van der Waals surface area contributed by atoms with E-state index in [2.05, 4.69) is 14.9 Å². The molecule has 0 unspecified atom stereocenters. The highest BCUT2D eigenvalue weighted by Crippen LogP contribution is 2.19. The van der Waals surface area contributed by atoms with Gasteiger partial charge < -0.3 is 14.6 Å². The van der Waals surface area contributed by atoms with Gasteiger partial charge in [0.05, 0.1) is 11.5 Å². The molecule has 0 aliphatic rings. The van der Waals surface area contributed by atoms with Crippen molar-refractivity contribution in [3.63, 3.8) is 0 Å². The van der Waals surface area contributed by atoms with Crippen LogP contribution in [0.3, 0.4) is 0 Å². The third kappa shape index (κ3) is 5.25. The van der Waals surface area contributed by atoms with E-state index in [4.69, 9.17) is 4.74 Å². The minimum absolute atomic E-state index is 0.0772. The van der Waals surface area contributed by atoms with Crippen molar-refractivity contribution < 1.29 is 22.7 Å². The van der Waals surface area contributed by atoms with Crippen molar-refractivity contribution in [3.8, 4) is 0 Å². The molecule has 0 fully saturated rings. The van der Waals surface area contributed by atoms with E-state index in [0.29, 0.717) is 0 Å². The highest BCUT2D eigenvalue weighted by Gasteiger charge is 2.23. The monoisotopic (exact) mass is 443 g/mol. The number of sulfonamides is 1. The Morgan fingerprint density at radius 1 is 1.24 bits per heavy atom. The van der Waals surface area contributed by atoms with Crippen LogP contribution in [0.5, 0.6) is 0 Å². The van der Waals surface area contributed by atoms with E-state index >= 15 is 0 Å². The summed E-state index contributed by atoms with van der Waals surface area (Å²) in [5, 5.41) is 6.14. The van der Waals surface area contributed by atoms with Crippen LogP contribution in [0.4, 0.5) is 5.00 Å². The van der Waals surface area contributed by atoms with E-state index in [1.807, 2.05) is 0 Å². The first-order chi connectivity index (χ1) is 13.7. The van der Waals surface area contributed by atoms with E-state index in [1.165, 1.54) is 10.4 Å². The molecular formula is C16H21N5O6S2. The van der Waals surface area contributed by atoms with E-state index in [9.17, 15) is 22.8 Å². The minimum Gasteiger partial charge on any atom is -0.461 e. The number of rotatable bonds is 9. The van der Waals surface area contributed by atoms with Gasteiger partial charge in [0.25, 0.3) is 5.56 Å². The Morgan fingerprint density at radius 3 is 2.55 bits per heavy atom. The normalized spacial score (nSPS) is 11.4. The molecule has 0 aliphatic heterocycles. The summed E-state index contributed by atoms with van der Waals surface area (Å²) in [5.41, 5.74) is -0.692. The summed E-state index contributed by atoms with van der Waals surface area (Å²) in [6, 6.07) is 2.29. The summed E-state index contributed by atoms with van der Waals surface area (Å²) < 4.78 is 35.9. The van der Waals surface area contributed by atoms with Gasteiger partial charge in [-0.15, -0.1) is 5.10 Å². The van der Waals surface area contributed by atoms with E-state index in [0.717, 1.165) is 28.4 Å². The molecule has 0 atom stereocenters. The minimum atomic E-state index is -3.79. The third-order valence-corrected chi connectivity index (χ3v) is 6.50. The number of hydrogen-bond donors (Lipinski definition) is 1. The zero-order valence-electron chi connectivity index (χ0n) is 16.1. The molecule has 0 aromatic carbocycles. The molecule has 1 N–H and O–H groups in total. The average molecular weight is 444 g/mol. The Hall–Kier alpha value is -2.64. The lowest BCUT2D eigenvalue weighted by atomic mass is 10.4. The first-order valence-electron chi connectivity index (χ1n) is 8.74. The third-order valence-electron chi connectivity index (χ3n) is 3.82. The summed E-state index contributed by atoms with van der Waals surface area (Å²) >= 11 is 0.780. The standard InChI is InChI=1S/C16H21N5O6S2/c1-4-21(5-2)29(25,26)11-7-8-13(23)20(9-11)10-12(22)17-15-14(18-19-28-15)16(24)27-6-3/h7-9H,4-6,10H2,1-3H3,(H,17,22). The number of ether oxygens (including phenoxy) is 1. The van der Waals surface area contributed by atoms with Gasteiger partial charge in [-0.3, -0.25) is 9.59 Å². The Morgan fingerprint density at radius 2 is 1.93 bits per heavy atom. The number of carbonyl (C=O) groups excluding carboxylic acids is 2. The Balaban J connectivity index is 2.23. The molecule has 0 aliphatic carbocycles. The van der Waals surface area contributed by atoms with Crippen LogP contribution in [0.15, 0.2) is 28.0 Å². The number of nitrogens with zero attached hydrogens (tertiary/aromatic N) is 4. The molecule has 2 rings (SSSR count). The first kappa shape index (κ1) is 22.6. The van der Waals surface area contributed by atoms with Crippen molar-refractivity contribution in [2.24, 2.45) is 0 Å². The number of aromatic nitrogens is 3. The van der Waals surface area contributed by atoms with E-state index in [-0.39, 0.29) is 35.3 Å². The number of pyridine rings is 1. The fraction of sp³-hybridized carbons (Fsp3) is 0.438. The predicted molar refractivity (Wildman–Crippen MR) is 105 cm³/mol. The van der Waals surface area contributed by atoms with Gasteiger partial charge in [-0.1, -0.05) is 18.3 Å². The van der Waals surface area contributed by atoms with Gasteiger partial charge in [-0.25, -0.2) is 13.2 Å². The zero-order chi connectivity index (χ0) is 21.6. The van der Waals surface area contributed by atoms with Gasteiger partial charge in [-0.05, 0) is 13.0 Å². The van der Waals surface area contributed by atoms with Crippen LogP contribution < -0.4 is 10.9 Å². The van der Waals surface area contributed by atoms with Gasteiger partial charge in [0.2, 0.25) is 21.6 Å². The van der Waals surface area contributed by atoms with Crippen LogP contribution in [0.25, 0.3) is 0 Å². The van der Waals surface area contributed by atoms with Crippen LogP contribution in [-0.2, 0) is 26.1 Å². The highest BCUT2D eigenvalue weighted by molar-refractivity contribution is 7.89. The van der Waals surface area contributed by atoms with Crippen LogP contribution in [0, 0.1) is 0 Å². The maximum atomic E-state index is 12.6. The second-order valence-corrected chi connectivity index (χ2v) is 8.33. The van der Waals surface area contributed by atoms with E-state index in [1.54, 1.807) is 20.8 Å². The maximum Gasteiger partial charge on any atom is 0.362 e. The fourth-order valence-electron chi connectivity index (χ4n) is 2.42. The SMILES string of the molecule is CCOC(=O)c1nnsc1NC(=O)Cn1cc(S(=O)(=O)N(CC)CC)ccc1=O. The molecular weight excluding hydrogens is 422 g/mol. The summed E-state index contributed by atoms with van der Waals surface area (Å²) in [7, 11) is -3.79. The molecule has 0 saturated heterocycles. The van der Waals surface area contributed by atoms with E-state index < -0.39 is 34.0 Å². The predicted octanol–water partition coefficient (Wildman–Crippen LogP) is 0.546. The topological polar surface area (TPSA) is 141 Å². The van der Waals surface area contributed by atoms with Gasteiger partial charge in [0, 0.05) is 36.9 Å². The molecule has 13 heteroatoms. The largest absolute Gasteiger partial charge is 0.461 e. The van der Waals surface area contributed by atoms with Gasteiger partial charge in [0.1, 0.15) is 6.54 Å². The number of carbonyl (C=O) groups is 2. The van der Waals surface area contributed by atoms with Crippen molar-refractivity contribution in [2.45, 2.75) is 32.2 Å². The summed E-state index contributed by atoms with van der Waals surface area (Å²) in [6.07, 6.45) is 1.12. The zero-order valence-corrected chi connectivity index (χ0v) is 17.7. The number of anilines is 1. The number of amides is 1. The molecule has 2 heterocycles. The van der Waals surface area contributed by atoms with Crippen molar-refractivity contribution in [3.05, 3.63) is 34.4 Å². The second kappa shape index (κ2) is 9.71. The molecule has 29 heavy (non-hydrogen) atoms. The Kier molecular flexibility index (Phi) is 7.59. The summed E-state index contributed by atoms with van der Waals surface area (Å²) in [6.45, 7) is 5.25. The molecule has 0 bridgehead atoms. The lowest BCUT2D eigenvalue weighted by molar-refractivity contribution is -0.116. The van der Waals surface area contributed by atoms with Crippen molar-refractivity contribution in [1.29, 1.82) is 0 Å². The van der Waals surface area contributed by atoms with Gasteiger partial charge in [-0.2, -0.15) is 4.31 Å². The van der Waals surface area contributed by atoms with Crippen molar-refractivity contribution in [2.75, 3.05) is 25.0 Å². The lowest BCUT2D eigenvalue weighted by Crippen LogP contribution is -2.33. The highest BCUT2D eigenvalue weighted by atomic mass is 32.2. The number of nitrogens with one attached hydrogen (secondary N) is 1. The number of esters is 1. The Bertz CT molecular complexity index is 1040. The van der Waals surface area contributed by atoms with Gasteiger partial charge in [0.15, 0.2) is 5.00 Å². The van der Waals surface area contributed by atoms with Crippen molar-refractivity contribution >= 4 is 38.4 Å². The van der Waals surface area contributed by atoms with Crippen LogP contribution in [-0.4, -0.2) is 58.4 Å². The van der Waals surface area contributed by atoms with Crippen molar-refractivity contribution in [1.82, 2.24) is 18.5 Å². The maximum absolute atomic E-state index is 12.6. The summed E-state index contributed by atoms with van der Waals surface area (Å²) in [5.74, 6) is -1.39. The summed E-state index contributed by atoms with van der Waals surface area (Å²) in [4.78, 5) is 36.1.